The van der Waals surface area contributed by atoms with Crippen LogP contribution in [0, 0.1) is 0 Å². The molecule has 0 aliphatic heterocycles. The van der Waals surface area contributed by atoms with Gasteiger partial charge in [0, 0.05) is 17.3 Å². The first-order valence-electron chi connectivity index (χ1n) is 4.84. The summed E-state index contributed by atoms with van der Waals surface area (Å²) in [5.74, 6) is 0.0387. The van der Waals surface area contributed by atoms with Crippen molar-refractivity contribution in [1.82, 2.24) is 5.32 Å². The molecule has 1 rings (SSSR count). The quantitative estimate of drug-likeness (QED) is 0.872. The Morgan fingerprint density at radius 2 is 2.31 bits per heavy atom. The molecule has 0 saturated heterocycles. The van der Waals surface area contributed by atoms with Crippen LogP contribution in [-0.4, -0.2) is 11.9 Å². The molecule has 1 aromatic rings. The Kier molecular flexibility index (Phi) is 7.76. The van der Waals surface area contributed by atoms with Gasteiger partial charge < -0.3 is 11.1 Å². The van der Waals surface area contributed by atoms with E-state index < -0.39 is 0 Å². The zero-order valence-electron chi connectivity index (χ0n) is 9.03. The van der Waals surface area contributed by atoms with Crippen molar-refractivity contribution in [1.29, 1.82) is 0 Å². The number of rotatable bonds is 5. The molecule has 3 nitrogen and oxygen atoms in total. The topological polar surface area (TPSA) is 55.1 Å². The minimum absolute atomic E-state index is 0. The van der Waals surface area contributed by atoms with E-state index in [1.807, 2.05) is 19.1 Å². The normalized spacial score (nSPS) is 11.7. The number of halogens is 2. The number of nitrogens with two attached hydrogens (primary N) is 1. The van der Waals surface area contributed by atoms with Crippen LogP contribution in [0.3, 0.4) is 0 Å². The van der Waals surface area contributed by atoms with E-state index in [0.717, 1.165) is 15.6 Å². The summed E-state index contributed by atoms with van der Waals surface area (Å²) in [7, 11) is 0. The van der Waals surface area contributed by atoms with E-state index in [1.165, 1.54) is 11.3 Å². The molecule has 6 heteroatoms. The van der Waals surface area contributed by atoms with Crippen LogP contribution < -0.4 is 11.1 Å². The number of thiophene rings is 1. The fourth-order valence-corrected chi connectivity index (χ4v) is 2.11. The van der Waals surface area contributed by atoms with E-state index >= 15 is 0 Å². The molecule has 0 aliphatic carbocycles. The van der Waals surface area contributed by atoms with Gasteiger partial charge in [0.05, 0.1) is 10.9 Å². The van der Waals surface area contributed by atoms with E-state index in [4.69, 9.17) is 17.3 Å². The number of carbonyl (C=O) groups is 1. The Balaban J connectivity index is 0.00000225. The van der Waals surface area contributed by atoms with Crippen molar-refractivity contribution in [3.8, 4) is 0 Å². The van der Waals surface area contributed by atoms with Crippen LogP contribution in [0.4, 0.5) is 0 Å². The van der Waals surface area contributed by atoms with Crippen molar-refractivity contribution in [3.63, 3.8) is 0 Å². The lowest BCUT2D eigenvalue weighted by molar-refractivity contribution is -0.121. The molecule has 0 bridgehead atoms. The highest BCUT2D eigenvalue weighted by Crippen LogP contribution is 2.20. The smallest absolute Gasteiger partial charge is 0.220 e. The number of nitrogens with one attached hydrogen (secondary N) is 1. The van der Waals surface area contributed by atoms with Gasteiger partial charge in [0.2, 0.25) is 5.91 Å². The molecule has 0 radical (unpaired) electrons. The van der Waals surface area contributed by atoms with E-state index in [2.05, 4.69) is 5.32 Å². The third kappa shape index (κ3) is 6.33. The van der Waals surface area contributed by atoms with Gasteiger partial charge in [-0.3, -0.25) is 4.79 Å². The highest BCUT2D eigenvalue weighted by molar-refractivity contribution is 7.16. The average molecular weight is 283 g/mol. The maximum absolute atomic E-state index is 11.3. The summed E-state index contributed by atoms with van der Waals surface area (Å²) >= 11 is 7.25. The molecule has 0 spiro atoms. The van der Waals surface area contributed by atoms with Gasteiger partial charge in [-0.15, -0.1) is 23.7 Å². The highest BCUT2D eigenvalue weighted by atomic mass is 35.5. The van der Waals surface area contributed by atoms with Crippen LogP contribution in [0.2, 0.25) is 4.34 Å². The Bertz CT molecular complexity index is 328. The van der Waals surface area contributed by atoms with Gasteiger partial charge in [-0.05, 0) is 25.5 Å². The van der Waals surface area contributed by atoms with Crippen LogP contribution >= 0.6 is 35.3 Å². The minimum atomic E-state index is 0. The number of hydrogen-bond donors (Lipinski definition) is 2. The van der Waals surface area contributed by atoms with E-state index in [0.29, 0.717) is 13.0 Å². The predicted octanol–water partition coefficient (Wildman–Crippen LogP) is 2.57. The summed E-state index contributed by atoms with van der Waals surface area (Å²) in [6.07, 6.45) is 1.20. The van der Waals surface area contributed by atoms with Gasteiger partial charge in [-0.25, -0.2) is 0 Å². The molecule has 1 atom stereocenters. The first-order valence-corrected chi connectivity index (χ1v) is 6.04. The molecular weight excluding hydrogens is 267 g/mol. The molecule has 1 heterocycles. The first kappa shape index (κ1) is 15.7. The monoisotopic (exact) mass is 282 g/mol. The fourth-order valence-electron chi connectivity index (χ4n) is 1.08. The van der Waals surface area contributed by atoms with Crippen LogP contribution in [0.5, 0.6) is 0 Å². The SMILES string of the molecule is CC(N)CCC(=O)NCc1ccc(Cl)s1.Cl. The lowest BCUT2D eigenvalue weighted by atomic mass is 10.2. The van der Waals surface area contributed by atoms with Gasteiger partial charge in [0.25, 0.3) is 0 Å². The summed E-state index contributed by atoms with van der Waals surface area (Å²) in [5.41, 5.74) is 5.56. The molecular formula is C10H16Cl2N2OS. The molecule has 3 N–H and O–H groups in total. The Hall–Kier alpha value is -0.290. The van der Waals surface area contributed by atoms with Crippen molar-refractivity contribution in [2.24, 2.45) is 5.73 Å². The summed E-state index contributed by atoms with van der Waals surface area (Å²) in [4.78, 5) is 12.4. The number of amides is 1. The Labute approximate surface area is 111 Å². The maximum atomic E-state index is 11.3. The lowest BCUT2D eigenvalue weighted by Crippen LogP contribution is -2.25. The predicted molar refractivity (Wildman–Crippen MR) is 71.3 cm³/mol. The summed E-state index contributed by atoms with van der Waals surface area (Å²) < 4.78 is 0.745. The van der Waals surface area contributed by atoms with Crippen LogP contribution in [0.1, 0.15) is 24.6 Å². The van der Waals surface area contributed by atoms with Crippen molar-refractivity contribution in [2.75, 3.05) is 0 Å². The average Bonchev–Trinajstić information content (AvgIpc) is 2.58. The van der Waals surface area contributed by atoms with E-state index in [1.54, 1.807) is 0 Å². The second kappa shape index (κ2) is 7.90. The van der Waals surface area contributed by atoms with Gasteiger partial charge in [-0.2, -0.15) is 0 Å². The van der Waals surface area contributed by atoms with E-state index in [9.17, 15) is 4.79 Å². The third-order valence-corrected chi connectivity index (χ3v) is 3.15. The maximum Gasteiger partial charge on any atom is 0.220 e. The van der Waals surface area contributed by atoms with Crippen molar-refractivity contribution < 1.29 is 4.79 Å². The largest absolute Gasteiger partial charge is 0.351 e. The van der Waals surface area contributed by atoms with Crippen LogP contribution in [-0.2, 0) is 11.3 Å². The first-order chi connectivity index (χ1) is 7.08. The minimum Gasteiger partial charge on any atom is -0.351 e. The molecule has 16 heavy (non-hydrogen) atoms. The fraction of sp³-hybridized carbons (Fsp3) is 0.500. The molecule has 0 aliphatic rings. The Morgan fingerprint density at radius 1 is 1.62 bits per heavy atom. The molecule has 0 aromatic carbocycles. The van der Waals surface area contributed by atoms with Crippen LogP contribution in [0.25, 0.3) is 0 Å². The highest BCUT2D eigenvalue weighted by Gasteiger charge is 2.04. The molecule has 0 fully saturated rings. The lowest BCUT2D eigenvalue weighted by Gasteiger charge is -2.05. The van der Waals surface area contributed by atoms with Crippen molar-refractivity contribution >= 4 is 41.3 Å². The summed E-state index contributed by atoms with van der Waals surface area (Å²) in [6, 6.07) is 3.82. The van der Waals surface area contributed by atoms with Crippen LogP contribution in [0.15, 0.2) is 12.1 Å². The third-order valence-electron chi connectivity index (χ3n) is 1.92. The molecule has 1 aromatic heterocycles. The van der Waals surface area contributed by atoms with Crippen molar-refractivity contribution in [2.45, 2.75) is 32.4 Å². The standard InChI is InChI=1S/C10H15ClN2OS.ClH/c1-7(12)2-5-10(14)13-6-8-3-4-9(11)15-8;/h3-4,7H,2,5-6,12H2,1H3,(H,13,14);1H. The molecule has 92 valence electrons. The molecule has 1 amide bonds. The number of carbonyl (C=O) groups excluding carboxylic acids is 1. The van der Waals surface area contributed by atoms with Gasteiger partial charge in [-0.1, -0.05) is 11.6 Å². The number of hydrogen-bond acceptors (Lipinski definition) is 3. The second-order valence-corrected chi connectivity index (χ2v) is 5.30. The molecule has 1 unspecified atom stereocenters. The van der Waals surface area contributed by atoms with Gasteiger partial charge >= 0.3 is 0 Å². The summed E-state index contributed by atoms with van der Waals surface area (Å²) in [5, 5.41) is 2.82. The van der Waals surface area contributed by atoms with Gasteiger partial charge in [0.15, 0.2) is 0 Å². The Morgan fingerprint density at radius 3 is 2.81 bits per heavy atom. The second-order valence-electron chi connectivity index (χ2n) is 3.50. The summed E-state index contributed by atoms with van der Waals surface area (Å²) in [6.45, 7) is 2.45. The van der Waals surface area contributed by atoms with E-state index in [-0.39, 0.29) is 24.4 Å². The van der Waals surface area contributed by atoms with Crippen molar-refractivity contribution in [3.05, 3.63) is 21.3 Å². The molecule has 0 saturated carbocycles. The zero-order valence-corrected chi connectivity index (χ0v) is 11.4. The van der Waals surface area contributed by atoms with Gasteiger partial charge in [0.1, 0.15) is 0 Å². The zero-order chi connectivity index (χ0) is 11.3.